The summed E-state index contributed by atoms with van der Waals surface area (Å²) in [6, 6.07) is 0.298. The van der Waals surface area contributed by atoms with Gasteiger partial charge in [0, 0.05) is 31.0 Å². The highest BCUT2D eigenvalue weighted by atomic mass is 16.5. The maximum atomic E-state index is 12.6. The van der Waals surface area contributed by atoms with E-state index in [1.54, 1.807) is 0 Å². The largest absolute Gasteiger partial charge is 0.352 e. The van der Waals surface area contributed by atoms with Crippen LogP contribution in [0.5, 0.6) is 0 Å². The van der Waals surface area contributed by atoms with Gasteiger partial charge in [0.25, 0.3) is 0 Å². The zero-order valence-corrected chi connectivity index (χ0v) is 14.8. The quantitative estimate of drug-likeness (QED) is 0.858. The van der Waals surface area contributed by atoms with E-state index in [1.165, 1.54) is 38.5 Å². The molecule has 0 unspecified atom stereocenters. The van der Waals surface area contributed by atoms with Crippen molar-refractivity contribution < 1.29 is 9.32 Å². The van der Waals surface area contributed by atoms with Crippen LogP contribution in [0.2, 0.25) is 0 Å². The normalized spacial score (nSPS) is 30.9. The molecule has 1 N–H and O–H groups in total. The summed E-state index contributed by atoms with van der Waals surface area (Å²) in [5.74, 6) is 4.10. The maximum Gasteiger partial charge on any atom is 0.240 e. The summed E-state index contributed by atoms with van der Waals surface area (Å²) in [6.45, 7) is 2.68. The van der Waals surface area contributed by atoms with E-state index in [0.29, 0.717) is 23.8 Å². The first-order valence-corrected chi connectivity index (χ1v) is 10.1. The number of likely N-dealkylation sites (tertiary alicyclic amines) is 1. The highest BCUT2D eigenvalue weighted by Gasteiger charge is 2.44. The van der Waals surface area contributed by atoms with Crippen LogP contribution in [0.15, 0.2) is 4.52 Å². The third kappa shape index (κ3) is 3.46. The highest BCUT2D eigenvalue weighted by molar-refractivity contribution is 5.79. The third-order valence-electron chi connectivity index (χ3n) is 6.51. The number of carbonyl (C=O) groups is 1. The lowest BCUT2D eigenvalue weighted by atomic mass is 9.97. The van der Waals surface area contributed by atoms with Crippen LogP contribution in [0, 0.1) is 17.8 Å². The Labute approximate surface area is 148 Å². The molecule has 1 amide bonds. The average Bonchev–Trinajstić information content (AvgIpc) is 3.49. The second-order valence-corrected chi connectivity index (χ2v) is 8.61. The molecule has 25 heavy (non-hydrogen) atoms. The molecule has 0 spiro atoms. The molecule has 1 aromatic heterocycles. The van der Waals surface area contributed by atoms with Crippen molar-refractivity contribution in [3.8, 4) is 0 Å². The first kappa shape index (κ1) is 15.8. The summed E-state index contributed by atoms with van der Waals surface area (Å²) >= 11 is 0. The van der Waals surface area contributed by atoms with E-state index in [4.69, 9.17) is 4.52 Å². The second-order valence-electron chi connectivity index (χ2n) is 8.61. The van der Waals surface area contributed by atoms with Gasteiger partial charge >= 0.3 is 0 Å². The molecule has 4 fully saturated rings. The lowest BCUT2D eigenvalue weighted by Crippen LogP contribution is -2.43. The van der Waals surface area contributed by atoms with Crippen LogP contribution in [0.3, 0.4) is 0 Å². The number of nitrogens with zero attached hydrogens (tertiary/aromatic N) is 3. The van der Waals surface area contributed by atoms with Gasteiger partial charge in [0.15, 0.2) is 5.82 Å². The van der Waals surface area contributed by atoms with E-state index < -0.39 is 0 Å². The fourth-order valence-electron chi connectivity index (χ4n) is 4.72. The molecule has 5 rings (SSSR count). The Morgan fingerprint density at radius 2 is 1.92 bits per heavy atom. The number of hydrogen-bond acceptors (Lipinski definition) is 5. The van der Waals surface area contributed by atoms with Crippen molar-refractivity contribution in [2.24, 2.45) is 17.8 Å². The number of aromatic nitrogens is 2. The first-order valence-electron chi connectivity index (χ1n) is 10.1. The van der Waals surface area contributed by atoms with Gasteiger partial charge in [0.1, 0.15) is 0 Å². The SMILES string of the molecule is O=C(N[C@@H]1CN(Cc2nc(C3CC3)no2)C[C@H]1C1CC1)C1CCCC1. The van der Waals surface area contributed by atoms with Crippen molar-refractivity contribution in [2.75, 3.05) is 13.1 Å². The third-order valence-corrected chi connectivity index (χ3v) is 6.51. The Bertz CT molecular complexity index is 631. The Hall–Kier alpha value is -1.43. The van der Waals surface area contributed by atoms with Crippen molar-refractivity contribution in [1.82, 2.24) is 20.4 Å². The van der Waals surface area contributed by atoms with Crippen molar-refractivity contribution >= 4 is 5.91 Å². The van der Waals surface area contributed by atoms with Gasteiger partial charge in [-0.15, -0.1) is 0 Å². The van der Waals surface area contributed by atoms with Gasteiger partial charge in [-0.25, -0.2) is 0 Å². The zero-order valence-electron chi connectivity index (χ0n) is 14.8. The molecular formula is C19H28N4O2. The van der Waals surface area contributed by atoms with E-state index in [9.17, 15) is 4.79 Å². The Morgan fingerprint density at radius 3 is 2.64 bits per heavy atom. The minimum atomic E-state index is 0.256. The van der Waals surface area contributed by atoms with Crippen LogP contribution in [-0.4, -0.2) is 40.1 Å². The minimum absolute atomic E-state index is 0.256. The maximum absolute atomic E-state index is 12.6. The van der Waals surface area contributed by atoms with Gasteiger partial charge < -0.3 is 9.84 Å². The number of amides is 1. The molecule has 6 nitrogen and oxygen atoms in total. The fourth-order valence-corrected chi connectivity index (χ4v) is 4.72. The van der Waals surface area contributed by atoms with Crippen LogP contribution in [0.1, 0.15) is 69.0 Å². The zero-order chi connectivity index (χ0) is 16.8. The van der Waals surface area contributed by atoms with E-state index >= 15 is 0 Å². The van der Waals surface area contributed by atoms with Crippen LogP contribution in [0.25, 0.3) is 0 Å². The fraction of sp³-hybridized carbons (Fsp3) is 0.842. The monoisotopic (exact) mass is 344 g/mol. The van der Waals surface area contributed by atoms with Crippen LogP contribution in [0.4, 0.5) is 0 Å². The van der Waals surface area contributed by atoms with Crippen molar-refractivity contribution in [1.29, 1.82) is 0 Å². The van der Waals surface area contributed by atoms with Crippen LogP contribution in [-0.2, 0) is 11.3 Å². The van der Waals surface area contributed by atoms with Crippen LogP contribution < -0.4 is 5.32 Å². The summed E-state index contributed by atoms with van der Waals surface area (Å²) < 4.78 is 5.45. The smallest absolute Gasteiger partial charge is 0.240 e. The second kappa shape index (κ2) is 6.38. The highest BCUT2D eigenvalue weighted by Crippen LogP contribution is 2.42. The van der Waals surface area contributed by atoms with E-state index in [2.05, 4.69) is 20.4 Å². The molecule has 0 aromatic carbocycles. The van der Waals surface area contributed by atoms with Crippen LogP contribution >= 0.6 is 0 Å². The number of carbonyl (C=O) groups excluding carboxylic acids is 1. The molecular weight excluding hydrogens is 316 g/mol. The summed E-state index contributed by atoms with van der Waals surface area (Å²) in [6.07, 6.45) is 9.60. The average molecular weight is 344 g/mol. The minimum Gasteiger partial charge on any atom is -0.352 e. The molecule has 3 saturated carbocycles. The summed E-state index contributed by atoms with van der Waals surface area (Å²) in [5, 5.41) is 7.52. The molecule has 1 aromatic rings. The molecule has 2 heterocycles. The van der Waals surface area contributed by atoms with Crippen molar-refractivity contribution in [3.05, 3.63) is 11.7 Å². The van der Waals surface area contributed by atoms with Gasteiger partial charge in [0.05, 0.1) is 6.54 Å². The van der Waals surface area contributed by atoms with Gasteiger partial charge in [-0.1, -0.05) is 18.0 Å². The summed E-state index contributed by atoms with van der Waals surface area (Å²) in [4.78, 5) is 19.5. The Morgan fingerprint density at radius 1 is 1.12 bits per heavy atom. The molecule has 4 aliphatic rings. The molecule has 2 atom stereocenters. The van der Waals surface area contributed by atoms with Crippen molar-refractivity contribution in [3.63, 3.8) is 0 Å². The molecule has 0 bridgehead atoms. The van der Waals surface area contributed by atoms with Gasteiger partial charge in [-0.2, -0.15) is 4.98 Å². The standard InChI is InChI=1S/C19H28N4O2/c24-19(14-3-1-2-4-14)20-16-10-23(9-15(16)12-5-6-12)11-17-21-18(22-25-17)13-7-8-13/h12-16H,1-11H2,(H,20,24)/t15-,16+/m0/s1. The number of rotatable bonds is 6. The topological polar surface area (TPSA) is 71.3 Å². The molecule has 6 heteroatoms. The van der Waals surface area contributed by atoms with Gasteiger partial charge in [0.2, 0.25) is 11.8 Å². The number of nitrogens with one attached hydrogen (secondary N) is 1. The van der Waals surface area contributed by atoms with E-state index in [-0.39, 0.29) is 5.92 Å². The Kier molecular flexibility index (Phi) is 4.03. The predicted octanol–water partition coefficient (Wildman–Crippen LogP) is 2.46. The molecule has 0 radical (unpaired) electrons. The van der Waals surface area contributed by atoms with Crippen molar-refractivity contribution in [2.45, 2.75) is 69.9 Å². The molecule has 1 aliphatic heterocycles. The summed E-state index contributed by atoms with van der Waals surface area (Å²) in [5.41, 5.74) is 0. The summed E-state index contributed by atoms with van der Waals surface area (Å²) in [7, 11) is 0. The molecule has 3 aliphatic carbocycles. The van der Waals surface area contributed by atoms with E-state index in [1.807, 2.05) is 0 Å². The lowest BCUT2D eigenvalue weighted by molar-refractivity contribution is -0.125. The number of hydrogen-bond donors (Lipinski definition) is 1. The predicted molar refractivity (Wildman–Crippen MR) is 91.7 cm³/mol. The molecule has 1 saturated heterocycles. The molecule has 136 valence electrons. The first-order chi connectivity index (χ1) is 12.3. The van der Waals surface area contributed by atoms with Gasteiger partial charge in [-0.3, -0.25) is 9.69 Å². The lowest BCUT2D eigenvalue weighted by Gasteiger charge is -2.21. The Balaban J connectivity index is 1.21. The van der Waals surface area contributed by atoms with E-state index in [0.717, 1.165) is 50.1 Å². The van der Waals surface area contributed by atoms with Gasteiger partial charge in [-0.05, 0) is 50.4 Å².